The second-order valence-electron chi connectivity index (χ2n) is 16.7. The molecule has 0 aliphatic carbocycles. The lowest BCUT2D eigenvalue weighted by molar-refractivity contribution is -0.323. The van der Waals surface area contributed by atoms with E-state index in [9.17, 15) is 38.4 Å². The number of nitrogens with one attached hydrogen (secondary N) is 2. The summed E-state index contributed by atoms with van der Waals surface area (Å²) >= 11 is 5.83. The molecular weight excluding hydrogens is 940 g/mol. The van der Waals surface area contributed by atoms with Crippen LogP contribution in [0.2, 0.25) is 0 Å². The highest BCUT2D eigenvalue weighted by atomic mass is 35.5. The zero-order valence-corrected chi connectivity index (χ0v) is 40.1. The predicted octanol–water partition coefficient (Wildman–Crippen LogP) is 2.81. The summed E-state index contributed by atoms with van der Waals surface area (Å²) in [7, 11) is 2.09. The first-order valence-corrected chi connectivity index (χ1v) is 23.2. The summed E-state index contributed by atoms with van der Waals surface area (Å²) in [6.07, 6.45) is -10.1. The lowest BCUT2D eigenvalue weighted by Gasteiger charge is -2.47. The van der Waals surface area contributed by atoms with Crippen LogP contribution in [0, 0.1) is 0 Å². The fourth-order valence-corrected chi connectivity index (χ4v) is 8.67. The third-order valence-corrected chi connectivity index (χ3v) is 11.8. The summed E-state index contributed by atoms with van der Waals surface area (Å²) in [5, 5.41) is 5.17. The second-order valence-corrected chi connectivity index (χ2v) is 16.9. The third-order valence-electron chi connectivity index (χ3n) is 11.6. The number of methoxy groups -OCH3 is 2. The number of carbonyl (C=O) groups excluding carboxylic acids is 8. The van der Waals surface area contributed by atoms with Crippen LogP contribution in [0.1, 0.15) is 84.6 Å². The van der Waals surface area contributed by atoms with Crippen molar-refractivity contribution in [2.75, 3.05) is 39.9 Å². The van der Waals surface area contributed by atoms with Gasteiger partial charge in [-0.25, -0.2) is 19.2 Å². The smallest absolute Gasteiger partial charge is 0.407 e. The van der Waals surface area contributed by atoms with E-state index < -0.39 is 146 Å². The van der Waals surface area contributed by atoms with Gasteiger partial charge in [0.15, 0.2) is 24.4 Å². The van der Waals surface area contributed by atoms with Gasteiger partial charge in [0.05, 0.1) is 65.6 Å². The third kappa shape index (κ3) is 14.4. The van der Waals surface area contributed by atoms with Gasteiger partial charge in [-0.1, -0.05) is 69.4 Å². The summed E-state index contributed by atoms with van der Waals surface area (Å²) in [5.74, 6) is -11.6. The van der Waals surface area contributed by atoms with Crippen molar-refractivity contribution in [2.24, 2.45) is 0 Å². The standard InChI is InChI=1S/C45H61ClN2O21/c1-7-8-9-10-11-15-18-60-44(40(53)57-5)19-29-34(47-42(55)66-29)39(68-44)37(64-27(4)51)32(62-25(2)49)24-61-45(41(54)58-6)20-30-35(48-43(56)67-30)38(69-45)36(63-26(3)50)31(65-33(52)21-46)23-59-22-28-16-13-12-14-17-28/h12-14,16-17,29-32,34-39H,7-11,15,18-24H2,1-6H3,(H,47,55)(H,48,56)/t29-,30-,31+,32+,34+,35+,36+,37+,38+,39+,44+,45+/m0/s1. The molecule has 69 heavy (non-hydrogen) atoms. The first-order chi connectivity index (χ1) is 33.0. The molecule has 0 unspecified atom stereocenters. The van der Waals surface area contributed by atoms with Gasteiger partial charge in [-0.3, -0.25) is 19.2 Å². The Bertz CT molecular complexity index is 1960. The van der Waals surface area contributed by atoms with Crippen LogP contribution in [0.15, 0.2) is 30.3 Å². The van der Waals surface area contributed by atoms with Gasteiger partial charge in [0.25, 0.3) is 11.6 Å². The number of carbonyl (C=O) groups is 8. The molecule has 0 radical (unpaired) electrons. The summed E-state index contributed by atoms with van der Waals surface area (Å²) in [6, 6.07) is 6.51. The summed E-state index contributed by atoms with van der Waals surface area (Å²) in [5.41, 5.74) is 0.732. The minimum Gasteiger partial charge on any atom is -0.465 e. The molecule has 4 saturated heterocycles. The average molecular weight is 1000 g/mol. The minimum absolute atomic E-state index is 0.00257. The van der Waals surface area contributed by atoms with Gasteiger partial charge in [-0.15, -0.1) is 11.6 Å². The van der Waals surface area contributed by atoms with Crippen LogP contribution in [-0.2, 0) is 97.0 Å². The molecule has 0 aromatic heterocycles. The van der Waals surface area contributed by atoms with E-state index >= 15 is 0 Å². The van der Waals surface area contributed by atoms with Crippen molar-refractivity contribution in [1.29, 1.82) is 0 Å². The quantitative estimate of drug-likeness (QED) is 0.0584. The Kier molecular flexibility index (Phi) is 20.2. The van der Waals surface area contributed by atoms with Crippen LogP contribution in [0.25, 0.3) is 0 Å². The summed E-state index contributed by atoms with van der Waals surface area (Å²) in [4.78, 5) is 105. The van der Waals surface area contributed by atoms with Gasteiger partial charge < -0.3 is 72.2 Å². The van der Waals surface area contributed by atoms with Gasteiger partial charge in [0.2, 0.25) is 0 Å². The maximum Gasteiger partial charge on any atom is 0.407 e. The highest BCUT2D eigenvalue weighted by Gasteiger charge is 2.64. The largest absolute Gasteiger partial charge is 0.465 e. The number of ether oxygens (including phenoxy) is 13. The molecule has 1 aromatic carbocycles. The number of alkyl halides is 1. The highest BCUT2D eigenvalue weighted by Crippen LogP contribution is 2.41. The first kappa shape index (κ1) is 54.6. The van der Waals surface area contributed by atoms with E-state index in [0.29, 0.717) is 6.42 Å². The Hall–Kier alpha value is -5.33. The lowest BCUT2D eigenvalue weighted by atomic mass is 9.88. The molecule has 0 spiro atoms. The van der Waals surface area contributed by atoms with E-state index in [0.717, 1.165) is 72.7 Å². The van der Waals surface area contributed by atoms with E-state index in [1.165, 1.54) is 0 Å². The number of unbranched alkanes of at least 4 members (excludes halogenated alkanes) is 5. The van der Waals surface area contributed by atoms with Gasteiger partial charge >= 0.3 is 48.0 Å². The number of fused-ring (bicyclic) bond motifs is 2. The van der Waals surface area contributed by atoms with E-state index in [1.54, 1.807) is 30.3 Å². The Labute approximate surface area is 403 Å². The van der Waals surface area contributed by atoms with Crippen molar-refractivity contribution >= 4 is 59.6 Å². The average Bonchev–Trinajstić information content (AvgIpc) is 3.89. The number of esters is 6. The molecule has 384 valence electrons. The molecule has 24 heteroatoms. The fourth-order valence-electron chi connectivity index (χ4n) is 8.61. The molecule has 5 rings (SSSR count). The Balaban J connectivity index is 1.52. The number of alkyl carbamates (subject to hydrolysis) is 2. The molecule has 2 amide bonds. The molecule has 0 bridgehead atoms. The monoisotopic (exact) mass is 1000 g/mol. The van der Waals surface area contributed by atoms with Crippen molar-refractivity contribution < 1.29 is 99.9 Å². The van der Waals surface area contributed by atoms with Crippen LogP contribution >= 0.6 is 11.6 Å². The Morgan fingerprint density at radius 2 is 1.17 bits per heavy atom. The maximum atomic E-state index is 14.1. The van der Waals surface area contributed by atoms with Crippen molar-refractivity contribution in [3.63, 3.8) is 0 Å². The van der Waals surface area contributed by atoms with E-state index in [2.05, 4.69) is 17.6 Å². The van der Waals surface area contributed by atoms with Crippen LogP contribution in [-0.4, -0.2) is 160 Å². The van der Waals surface area contributed by atoms with Gasteiger partial charge in [-0.05, 0) is 12.0 Å². The van der Waals surface area contributed by atoms with E-state index in [1.807, 2.05) is 0 Å². The SMILES string of the molecule is CCCCCCCCO[C@]1(C(=O)OC)C[C@@H]2OC(=O)N[C@H]2[C@H]([C@H](OC(C)=O)[C@@H](CO[C@]2(C(=O)OC)C[C@@H]3OC(=O)N[C@H]3[C@H]([C@H](OC(C)=O)[C@@H](COCc3ccccc3)OC(=O)CCl)O2)OC(C)=O)O1. The molecule has 4 aliphatic heterocycles. The lowest BCUT2D eigenvalue weighted by Crippen LogP contribution is -2.67. The molecule has 4 aliphatic rings. The van der Waals surface area contributed by atoms with Crippen LogP contribution in [0.4, 0.5) is 9.59 Å². The van der Waals surface area contributed by atoms with Crippen LogP contribution in [0.3, 0.4) is 0 Å². The Morgan fingerprint density at radius 3 is 1.67 bits per heavy atom. The first-order valence-electron chi connectivity index (χ1n) is 22.6. The van der Waals surface area contributed by atoms with Crippen molar-refractivity contribution in [3.05, 3.63) is 35.9 Å². The van der Waals surface area contributed by atoms with Crippen molar-refractivity contribution in [2.45, 2.75) is 158 Å². The number of amides is 2. The topological polar surface area (TPSA) is 281 Å². The molecule has 4 heterocycles. The second kappa shape index (κ2) is 25.5. The fraction of sp³-hybridized carbons (Fsp3) is 0.689. The highest BCUT2D eigenvalue weighted by molar-refractivity contribution is 6.26. The summed E-state index contributed by atoms with van der Waals surface area (Å²) in [6.45, 7) is 3.84. The molecular formula is C45H61ClN2O21. The molecule has 12 atom stereocenters. The normalized spacial score (nSPS) is 27.5. The van der Waals surface area contributed by atoms with Gasteiger partial charge in [0.1, 0.15) is 30.3 Å². The van der Waals surface area contributed by atoms with Gasteiger partial charge in [-0.2, -0.15) is 0 Å². The van der Waals surface area contributed by atoms with Crippen LogP contribution < -0.4 is 10.6 Å². The van der Waals surface area contributed by atoms with Crippen LogP contribution in [0.5, 0.6) is 0 Å². The van der Waals surface area contributed by atoms with Crippen molar-refractivity contribution in [1.82, 2.24) is 10.6 Å². The van der Waals surface area contributed by atoms with E-state index in [-0.39, 0.29) is 19.6 Å². The predicted molar refractivity (Wildman–Crippen MR) is 231 cm³/mol. The number of hydrogen-bond donors (Lipinski definition) is 2. The van der Waals surface area contributed by atoms with Gasteiger partial charge in [0, 0.05) is 20.8 Å². The molecule has 23 nitrogen and oxygen atoms in total. The molecule has 2 N–H and O–H groups in total. The zero-order valence-electron chi connectivity index (χ0n) is 39.3. The molecule has 4 fully saturated rings. The molecule has 0 saturated carbocycles. The van der Waals surface area contributed by atoms with Crippen molar-refractivity contribution in [3.8, 4) is 0 Å². The minimum atomic E-state index is -2.65. The zero-order chi connectivity index (χ0) is 50.3. The number of rotatable bonds is 26. The number of hydrogen-bond acceptors (Lipinski definition) is 21. The summed E-state index contributed by atoms with van der Waals surface area (Å²) < 4.78 is 75.4. The Morgan fingerprint density at radius 1 is 0.681 bits per heavy atom. The van der Waals surface area contributed by atoms with E-state index in [4.69, 9.17) is 73.2 Å². The number of benzene rings is 1. The number of halogens is 1. The molecule has 1 aromatic rings. The maximum absolute atomic E-state index is 14.1.